The van der Waals surface area contributed by atoms with Gasteiger partial charge in [0.05, 0.1) is 30.8 Å². The Kier molecular flexibility index (Phi) is 4.57. The van der Waals surface area contributed by atoms with Crippen LogP contribution < -0.4 is 14.8 Å². The van der Waals surface area contributed by atoms with Crippen molar-refractivity contribution < 1.29 is 14.4 Å². The zero-order valence-electron chi connectivity index (χ0n) is 10.9. The number of ether oxygens (including phenoxy) is 2. The first-order valence-electron chi connectivity index (χ1n) is 6.36. The Bertz CT molecular complexity index is 444. The summed E-state index contributed by atoms with van der Waals surface area (Å²) >= 11 is 0. The first-order valence-corrected chi connectivity index (χ1v) is 6.36. The molecule has 1 unspecified atom stereocenters. The zero-order chi connectivity index (χ0) is 13.7. The molecule has 1 aliphatic rings. The molecular formula is C13H18N2O4. The summed E-state index contributed by atoms with van der Waals surface area (Å²) < 4.78 is 10.6. The summed E-state index contributed by atoms with van der Waals surface area (Å²) in [7, 11) is 1.48. The van der Waals surface area contributed by atoms with Gasteiger partial charge in [0.15, 0.2) is 0 Å². The molecule has 1 aliphatic heterocycles. The van der Waals surface area contributed by atoms with Crippen LogP contribution in [0.25, 0.3) is 0 Å². The van der Waals surface area contributed by atoms with E-state index in [4.69, 9.17) is 9.47 Å². The Balaban J connectivity index is 1.94. The van der Waals surface area contributed by atoms with Crippen molar-refractivity contribution in [1.82, 2.24) is 5.32 Å². The van der Waals surface area contributed by atoms with Crippen LogP contribution >= 0.6 is 0 Å². The van der Waals surface area contributed by atoms with Crippen LogP contribution in [0, 0.1) is 16.0 Å². The van der Waals surface area contributed by atoms with Crippen LogP contribution in [0.15, 0.2) is 18.2 Å². The molecule has 104 valence electrons. The maximum Gasteiger partial charge on any atom is 0.276 e. The first-order chi connectivity index (χ1) is 9.19. The normalized spacial score (nSPS) is 18.3. The van der Waals surface area contributed by atoms with Crippen molar-refractivity contribution in [3.63, 3.8) is 0 Å². The fourth-order valence-corrected chi connectivity index (χ4v) is 2.17. The number of hydrogen-bond acceptors (Lipinski definition) is 5. The summed E-state index contributed by atoms with van der Waals surface area (Å²) in [6.07, 6.45) is 2.12. The predicted molar refractivity (Wildman–Crippen MR) is 70.7 cm³/mol. The van der Waals surface area contributed by atoms with Crippen LogP contribution in [-0.2, 0) is 0 Å². The van der Waals surface area contributed by atoms with E-state index >= 15 is 0 Å². The summed E-state index contributed by atoms with van der Waals surface area (Å²) in [4.78, 5) is 10.3. The number of methoxy groups -OCH3 is 1. The van der Waals surface area contributed by atoms with E-state index in [2.05, 4.69) is 5.32 Å². The summed E-state index contributed by atoms with van der Waals surface area (Å²) in [5, 5.41) is 14.1. The molecule has 1 N–H and O–H groups in total. The average molecular weight is 266 g/mol. The lowest BCUT2D eigenvalue weighted by Crippen LogP contribution is -2.11. The Morgan fingerprint density at radius 3 is 2.84 bits per heavy atom. The van der Waals surface area contributed by atoms with Gasteiger partial charge in [-0.25, -0.2) is 0 Å². The second kappa shape index (κ2) is 6.38. The van der Waals surface area contributed by atoms with Gasteiger partial charge in [-0.3, -0.25) is 10.1 Å². The van der Waals surface area contributed by atoms with Crippen LogP contribution in [0.1, 0.15) is 12.8 Å². The summed E-state index contributed by atoms with van der Waals surface area (Å²) in [5.41, 5.74) is -0.0168. The summed E-state index contributed by atoms with van der Waals surface area (Å²) in [6, 6.07) is 4.48. The molecule has 0 aliphatic carbocycles. The molecule has 1 fully saturated rings. The van der Waals surface area contributed by atoms with E-state index in [1.165, 1.54) is 25.7 Å². The standard InChI is InChI=1S/C13H18N2O4/c1-18-12-6-11(15(16)17)7-13(8-12)19-5-3-10-2-4-14-9-10/h6-8,10,14H,2-5,9H2,1H3. The largest absolute Gasteiger partial charge is 0.496 e. The topological polar surface area (TPSA) is 73.6 Å². The summed E-state index contributed by atoms with van der Waals surface area (Å²) in [6.45, 7) is 2.66. The van der Waals surface area contributed by atoms with Gasteiger partial charge in [0.1, 0.15) is 11.5 Å². The molecule has 6 nitrogen and oxygen atoms in total. The van der Waals surface area contributed by atoms with E-state index < -0.39 is 4.92 Å². The molecule has 0 aromatic heterocycles. The number of rotatable bonds is 6. The first kappa shape index (κ1) is 13.6. The van der Waals surface area contributed by atoms with E-state index in [9.17, 15) is 10.1 Å². The minimum atomic E-state index is -0.448. The molecule has 1 aromatic rings. The van der Waals surface area contributed by atoms with E-state index in [1.807, 2.05) is 0 Å². The minimum Gasteiger partial charge on any atom is -0.496 e. The molecule has 19 heavy (non-hydrogen) atoms. The Labute approximate surface area is 111 Å². The molecule has 1 aromatic carbocycles. The molecule has 0 saturated carbocycles. The van der Waals surface area contributed by atoms with Crippen molar-refractivity contribution in [3.05, 3.63) is 28.3 Å². The van der Waals surface area contributed by atoms with Crippen LogP contribution in [-0.4, -0.2) is 31.7 Å². The Morgan fingerprint density at radius 1 is 1.42 bits per heavy atom. The lowest BCUT2D eigenvalue weighted by molar-refractivity contribution is -0.385. The minimum absolute atomic E-state index is 0.0168. The molecule has 6 heteroatoms. The van der Waals surface area contributed by atoms with Gasteiger partial charge in [0.2, 0.25) is 0 Å². The second-order valence-electron chi connectivity index (χ2n) is 4.62. The third-order valence-electron chi connectivity index (χ3n) is 3.27. The van der Waals surface area contributed by atoms with Crippen molar-refractivity contribution in [1.29, 1.82) is 0 Å². The van der Waals surface area contributed by atoms with Crippen molar-refractivity contribution in [2.75, 3.05) is 26.8 Å². The molecule has 0 amide bonds. The van der Waals surface area contributed by atoms with Crippen LogP contribution in [0.2, 0.25) is 0 Å². The molecule has 0 spiro atoms. The highest BCUT2D eigenvalue weighted by molar-refractivity contribution is 5.45. The third-order valence-corrected chi connectivity index (χ3v) is 3.27. The van der Waals surface area contributed by atoms with E-state index in [-0.39, 0.29) is 5.69 Å². The Hall–Kier alpha value is -1.82. The molecule has 2 rings (SSSR count). The lowest BCUT2D eigenvalue weighted by Gasteiger charge is -2.10. The number of nitrogens with zero attached hydrogens (tertiary/aromatic N) is 1. The highest BCUT2D eigenvalue weighted by Crippen LogP contribution is 2.27. The van der Waals surface area contributed by atoms with Gasteiger partial charge >= 0.3 is 0 Å². The second-order valence-corrected chi connectivity index (χ2v) is 4.62. The highest BCUT2D eigenvalue weighted by Gasteiger charge is 2.15. The van der Waals surface area contributed by atoms with Gasteiger partial charge in [-0.15, -0.1) is 0 Å². The van der Waals surface area contributed by atoms with Crippen molar-refractivity contribution >= 4 is 5.69 Å². The van der Waals surface area contributed by atoms with E-state index in [1.54, 1.807) is 6.07 Å². The van der Waals surface area contributed by atoms with Gasteiger partial charge in [0, 0.05) is 6.07 Å². The Morgan fingerprint density at radius 2 is 2.21 bits per heavy atom. The quantitative estimate of drug-likeness (QED) is 0.629. The molecule has 1 atom stereocenters. The molecule has 0 radical (unpaired) electrons. The monoisotopic (exact) mass is 266 g/mol. The van der Waals surface area contributed by atoms with Crippen LogP contribution in [0.4, 0.5) is 5.69 Å². The number of benzene rings is 1. The molecular weight excluding hydrogens is 248 g/mol. The molecule has 0 bridgehead atoms. The van der Waals surface area contributed by atoms with Gasteiger partial charge in [-0.05, 0) is 31.8 Å². The maximum absolute atomic E-state index is 10.8. The van der Waals surface area contributed by atoms with Gasteiger partial charge < -0.3 is 14.8 Å². The van der Waals surface area contributed by atoms with Crippen molar-refractivity contribution in [2.24, 2.45) is 5.92 Å². The smallest absolute Gasteiger partial charge is 0.276 e. The lowest BCUT2D eigenvalue weighted by atomic mass is 10.1. The fraction of sp³-hybridized carbons (Fsp3) is 0.538. The van der Waals surface area contributed by atoms with Crippen LogP contribution in [0.3, 0.4) is 0 Å². The predicted octanol–water partition coefficient (Wildman–Crippen LogP) is 1.98. The van der Waals surface area contributed by atoms with Gasteiger partial charge in [0.25, 0.3) is 5.69 Å². The van der Waals surface area contributed by atoms with Gasteiger partial charge in [-0.1, -0.05) is 0 Å². The number of nitro benzene ring substituents is 1. The summed E-state index contributed by atoms with van der Waals surface area (Å²) in [5.74, 6) is 1.56. The SMILES string of the molecule is COc1cc(OCCC2CCNC2)cc([N+](=O)[O-])c1. The zero-order valence-corrected chi connectivity index (χ0v) is 10.9. The number of non-ortho nitro benzene ring substituents is 1. The van der Waals surface area contributed by atoms with Gasteiger partial charge in [-0.2, -0.15) is 0 Å². The highest BCUT2D eigenvalue weighted by atomic mass is 16.6. The molecule has 1 heterocycles. The molecule has 1 saturated heterocycles. The van der Waals surface area contributed by atoms with Crippen molar-refractivity contribution in [2.45, 2.75) is 12.8 Å². The number of hydrogen-bond donors (Lipinski definition) is 1. The maximum atomic E-state index is 10.8. The van der Waals surface area contributed by atoms with E-state index in [0.717, 1.165) is 19.5 Å². The fourth-order valence-electron chi connectivity index (χ4n) is 2.17. The van der Waals surface area contributed by atoms with Crippen molar-refractivity contribution in [3.8, 4) is 11.5 Å². The van der Waals surface area contributed by atoms with E-state index in [0.29, 0.717) is 24.0 Å². The number of nitro groups is 1. The third kappa shape index (κ3) is 3.82. The van der Waals surface area contributed by atoms with Crippen LogP contribution in [0.5, 0.6) is 11.5 Å². The number of nitrogens with one attached hydrogen (secondary N) is 1. The average Bonchev–Trinajstić information content (AvgIpc) is 2.91.